The Morgan fingerprint density at radius 2 is 1.83 bits per heavy atom. The fraction of sp³-hybridized carbons (Fsp3) is 0.400. The zero-order valence-electron chi connectivity index (χ0n) is 7.06. The van der Waals surface area contributed by atoms with Gasteiger partial charge in [-0.15, -0.1) is 0 Å². The van der Waals surface area contributed by atoms with Gasteiger partial charge in [-0.1, -0.05) is 62.2 Å². The molecule has 1 aromatic rings. The molecule has 0 nitrogen and oxygen atoms in total. The summed E-state index contributed by atoms with van der Waals surface area (Å²) in [4.78, 5) is 0. The molecule has 0 saturated heterocycles. The third kappa shape index (κ3) is 2.60. The van der Waals surface area contributed by atoms with Crippen LogP contribution in [0.5, 0.6) is 0 Å². The van der Waals surface area contributed by atoms with Crippen molar-refractivity contribution in [3.8, 4) is 0 Å². The van der Waals surface area contributed by atoms with Crippen molar-refractivity contribution in [3.05, 3.63) is 35.9 Å². The maximum Gasteiger partial charge on any atom is 0.0485 e. The van der Waals surface area contributed by atoms with Crippen LogP contribution in [-0.4, -0.2) is 5.33 Å². The molecule has 0 saturated carbocycles. The van der Waals surface area contributed by atoms with E-state index >= 15 is 0 Å². The van der Waals surface area contributed by atoms with Gasteiger partial charge < -0.3 is 0 Å². The van der Waals surface area contributed by atoms with E-state index in [4.69, 9.17) is 0 Å². The Morgan fingerprint density at radius 1 is 1.25 bits per heavy atom. The summed E-state index contributed by atoms with van der Waals surface area (Å²) >= 11 is 7.17. The fourth-order valence-corrected chi connectivity index (χ4v) is 2.90. The Kier molecular flexibility index (Phi) is 3.78. The molecule has 0 radical (unpaired) electrons. The summed E-state index contributed by atoms with van der Waals surface area (Å²) in [6.45, 7) is 2.20. The first-order valence-corrected chi connectivity index (χ1v) is 5.88. The van der Waals surface area contributed by atoms with Crippen LogP contribution in [0.3, 0.4) is 0 Å². The van der Waals surface area contributed by atoms with E-state index in [1.807, 2.05) is 6.07 Å². The lowest BCUT2D eigenvalue weighted by Gasteiger charge is -2.21. The molecule has 0 aliphatic rings. The van der Waals surface area contributed by atoms with Gasteiger partial charge in [0.15, 0.2) is 0 Å². The Morgan fingerprint density at radius 3 is 2.33 bits per heavy atom. The summed E-state index contributed by atoms with van der Waals surface area (Å²) in [7, 11) is 0. The van der Waals surface area contributed by atoms with Gasteiger partial charge in [0.1, 0.15) is 0 Å². The molecule has 0 heterocycles. The smallest absolute Gasteiger partial charge is 0.0485 e. The SMILES string of the molecule is CC(Br)(CCBr)c1ccccc1. The number of halogens is 2. The van der Waals surface area contributed by atoms with E-state index < -0.39 is 0 Å². The van der Waals surface area contributed by atoms with Crippen LogP contribution in [0.4, 0.5) is 0 Å². The summed E-state index contributed by atoms with van der Waals surface area (Å²) in [5, 5.41) is 1.02. The molecule has 1 atom stereocenters. The number of rotatable bonds is 3. The minimum absolute atomic E-state index is 0.109. The zero-order chi connectivity index (χ0) is 9.03. The van der Waals surface area contributed by atoms with E-state index in [-0.39, 0.29) is 4.32 Å². The molecule has 0 aliphatic carbocycles. The van der Waals surface area contributed by atoms with Crippen molar-refractivity contribution in [2.45, 2.75) is 17.7 Å². The van der Waals surface area contributed by atoms with Gasteiger partial charge in [0.25, 0.3) is 0 Å². The predicted molar refractivity (Wildman–Crippen MR) is 61.1 cm³/mol. The highest BCUT2D eigenvalue weighted by Gasteiger charge is 2.20. The third-order valence-electron chi connectivity index (χ3n) is 1.94. The van der Waals surface area contributed by atoms with E-state index in [0.29, 0.717) is 0 Å². The molecule has 0 bridgehead atoms. The van der Waals surface area contributed by atoms with Crippen LogP contribution < -0.4 is 0 Å². The monoisotopic (exact) mass is 290 g/mol. The molecule has 1 unspecified atom stereocenters. The average Bonchev–Trinajstić information content (AvgIpc) is 2.06. The lowest BCUT2D eigenvalue weighted by Crippen LogP contribution is -2.12. The van der Waals surface area contributed by atoms with Crippen molar-refractivity contribution in [1.29, 1.82) is 0 Å². The van der Waals surface area contributed by atoms with Gasteiger partial charge in [0, 0.05) is 9.65 Å². The average molecular weight is 292 g/mol. The molecule has 0 amide bonds. The first kappa shape index (κ1) is 10.3. The van der Waals surface area contributed by atoms with E-state index in [1.165, 1.54) is 5.56 Å². The summed E-state index contributed by atoms with van der Waals surface area (Å²) in [6.07, 6.45) is 1.09. The second-order valence-corrected chi connectivity index (χ2v) is 5.55. The first-order valence-electron chi connectivity index (χ1n) is 3.97. The summed E-state index contributed by atoms with van der Waals surface area (Å²) in [6, 6.07) is 10.5. The minimum atomic E-state index is 0.109. The molecule has 1 rings (SSSR count). The van der Waals surface area contributed by atoms with Crippen molar-refractivity contribution in [2.75, 3.05) is 5.33 Å². The van der Waals surface area contributed by atoms with Crippen LogP contribution in [0, 0.1) is 0 Å². The van der Waals surface area contributed by atoms with E-state index in [0.717, 1.165) is 11.8 Å². The van der Waals surface area contributed by atoms with Crippen LogP contribution in [0.25, 0.3) is 0 Å². The number of hydrogen-bond donors (Lipinski definition) is 0. The van der Waals surface area contributed by atoms with Crippen molar-refractivity contribution >= 4 is 31.9 Å². The van der Waals surface area contributed by atoms with Crippen molar-refractivity contribution in [3.63, 3.8) is 0 Å². The summed E-state index contributed by atoms with van der Waals surface area (Å²) < 4.78 is 0.109. The Hall–Kier alpha value is 0.180. The van der Waals surface area contributed by atoms with Crippen LogP contribution >= 0.6 is 31.9 Å². The molecular formula is C10H12Br2. The van der Waals surface area contributed by atoms with Crippen LogP contribution in [-0.2, 0) is 4.32 Å². The maximum absolute atomic E-state index is 3.72. The molecule has 0 fully saturated rings. The van der Waals surface area contributed by atoms with Gasteiger partial charge in [-0.3, -0.25) is 0 Å². The highest BCUT2D eigenvalue weighted by molar-refractivity contribution is 9.10. The normalized spacial score (nSPS) is 15.6. The quantitative estimate of drug-likeness (QED) is 0.736. The number of hydrogen-bond acceptors (Lipinski definition) is 0. The standard InChI is InChI=1S/C10H12Br2/c1-10(12,7-8-11)9-5-3-2-4-6-9/h2-6H,7-8H2,1H3. The van der Waals surface area contributed by atoms with Gasteiger partial charge in [0.05, 0.1) is 0 Å². The lowest BCUT2D eigenvalue weighted by molar-refractivity contribution is 0.690. The number of benzene rings is 1. The van der Waals surface area contributed by atoms with Crippen molar-refractivity contribution in [1.82, 2.24) is 0 Å². The molecule has 0 aromatic heterocycles. The molecule has 66 valence electrons. The van der Waals surface area contributed by atoms with E-state index in [1.54, 1.807) is 0 Å². The molecule has 0 N–H and O–H groups in total. The van der Waals surface area contributed by atoms with Gasteiger partial charge >= 0.3 is 0 Å². The van der Waals surface area contributed by atoms with Gasteiger partial charge in [0.2, 0.25) is 0 Å². The summed E-state index contributed by atoms with van der Waals surface area (Å²) in [5.74, 6) is 0. The molecule has 0 aliphatic heterocycles. The molecule has 12 heavy (non-hydrogen) atoms. The first-order chi connectivity index (χ1) is 5.67. The highest BCUT2D eigenvalue weighted by atomic mass is 79.9. The maximum atomic E-state index is 3.72. The highest BCUT2D eigenvalue weighted by Crippen LogP contribution is 2.34. The van der Waals surface area contributed by atoms with Crippen LogP contribution in [0.1, 0.15) is 18.9 Å². The Bertz CT molecular complexity index is 229. The lowest BCUT2D eigenvalue weighted by atomic mass is 9.99. The predicted octanol–water partition coefficient (Wildman–Crippen LogP) is 4.08. The Labute approximate surface area is 90.6 Å². The largest absolute Gasteiger partial charge is 0.0927 e. The summed E-state index contributed by atoms with van der Waals surface area (Å²) in [5.41, 5.74) is 1.34. The van der Waals surface area contributed by atoms with Crippen LogP contribution in [0.15, 0.2) is 30.3 Å². The van der Waals surface area contributed by atoms with Crippen molar-refractivity contribution in [2.24, 2.45) is 0 Å². The van der Waals surface area contributed by atoms with Crippen LogP contribution in [0.2, 0.25) is 0 Å². The van der Waals surface area contributed by atoms with E-state index in [2.05, 4.69) is 63.0 Å². The second-order valence-electron chi connectivity index (χ2n) is 3.00. The van der Waals surface area contributed by atoms with Gasteiger partial charge in [-0.2, -0.15) is 0 Å². The van der Waals surface area contributed by atoms with Gasteiger partial charge in [-0.25, -0.2) is 0 Å². The minimum Gasteiger partial charge on any atom is -0.0927 e. The molecular weight excluding hydrogens is 280 g/mol. The molecule has 2 heteroatoms. The topological polar surface area (TPSA) is 0 Å². The van der Waals surface area contributed by atoms with E-state index in [9.17, 15) is 0 Å². The molecule has 1 aromatic carbocycles. The fourth-order valence-electron chi connectivity index (χ4n) is 1.11. The van der Waals surface area contributed by atoms with Crippen molar-refractivity contribution < 1.29 is 0 Å². The molecule has 0 spiro atoms. The zero-order valence-corrected chi connectivity index (χ0v) is 10.2. The number of alkyl halides is 2. The third-order valence-corrected chi connectivity index (χ3v) is 3.19. The Balaban J connectivity index is 2.82. The van der Waals surface area contributed by atoms with Gasteiger partial charge in [-0.05, 0) is 18.9 Å². The second kappa shape index (κ2) is 4.43.